The van der Waals surface area contributed by atoms with E-state index >= 15 is 0 Å². The highest BCUT2D eigenvalue weighted by Gasteiger charge is 2.21. The maximum atomic E-state index is 12.6. The van der Waals surface area contributed by atoms with Crippen LogP contribution >= 0.6 is 23.1 Å². The molecule has 0 aliphatic heterocycles. The number of thioether (sulfide) groups is 1. The summed E-state index contributed by atoms with van der Waals surface area (Å²) in [6, 6.07) is 11.6. The molecule has 0 aliphatic rings. The number of thiazole rings is 1. The summed E-state index contributed by atoms with van der Waals surface area (Å²) in [5.41, 5.74) is 1.78. The van der Waals surface area contributed by atoms with Crippen molar-refractivity contribution in [3.8, 4) is 11.4 Å². The maximum absolute atomic E-state index is 12.6. The van der Waals surface area contributed by atoms with E-state index in [1.807, 2.05) is 54.8 Å². The molecule has 3 heterocycles. The smallest absolute Gasteiger partial charge is 0.239 e. The molecule has 28 heavy (non-hydrogen) atoms. The van der Waals surface area contributed by atoms with Crippen molar-refractivity contribution in [2.45, 2.75) is 30.8 Å². The molecule has 1 amide bonds. The van der Waals surface area contributed by atoms with Crippen molar-refractivity contribution in [2.24, 2.45) is 0 Å². The Morgan fingerprint density at radius 3 is 2.86 bits per heavy atom. The number of nitrogens with one attached hydrogen (secondary N) is 1. The van der Waals surface area contributed by atoms with Crippen molar-refractivity contribution in [1.29, 1.82) is 0 Å². The Labute approximate surface area is 170 Å². The fourth-order valence-electron chi connectivity index (χ4n) is 2.71. The minimum atomic E-state index is -0.344. The Hall–Kier alpha value is -2.78. The fourth-order valence-corrected chi connectivity index (χ4v) is 4.50. The van der Waals surface area contributed by atoms with Crippen molar-refractivity contribution >= 4 is 44.4 Å². The third-order valence-electron chi connectivity index (χ3n) is 4.13. The van der Waals surface area contributed by atoms with Gasteiger partial charge in [0.15, 0.2) is 16.1 Å². The van der Waals surface area contributed by atoms with Crippen LogP contribution in [0.4, 0.5) is 5.13 Å². The zero-order valence-corrected chi connectivity index (χ0v) is 17.0. The van der Waals surface area contributed by atoms with Gasteiger partial charge >= 0.3 is 0 Å². The second kappa shape index (κ2) is 8.07. The van der Waals surface area contributed by atoms with Crippen molar-refractivity contribution < 1.29 is 4.79 Å². The third-order valence-corrected chi connectivity index (χ3v) is 6.16. The number of anilines is 1. The lowest BCUT2D eigenvalue weighted by Crippen LogP contribution is -2.22. The molecule has 0 fully saturated rings. The lowest BCUT2D eigenvalue weighted by Gasteiger charge is -2.11. The number of hydrogen-bond donors (Lipinski definition) is 1. The minimum Gasteiger partial charge on any atom is -0.302 e. The van der Waals surface area contributed by atoms with E-state index in [9.17, 15) is 4.79 Å². The fraction of sp³-hybridized carbons (Fsp3) is 0.211. The van der Waals surface area contributed by atoms with E-state index in [0.717, 1.165) is 21.6 Å². The van der Waals surface area contributed by atoms with Crippen LogP contribution in [0.15, 0.2) is 53.9 Å². The molecule has 0 saturated heterocycles. The Kier molecular flexibility index (Phi) is 5.36. The van der Waals surface area contributed by atoms with Gasteiger partial charge in [0.25, 0.3) is 0 Å². The summed E-state index contributed by atoms with van der Waals surface area (Å²) in [5.74, 6) is 0.634. The first kappa shape index (κ1) is 18.6. The molecular weight excluding hydrogens is 392 g/mol. The van der Waals surface area contributed by atoms with Crippen molar-refractivity contribution in [3.05, 3.63) is 48.8 Å². The molecule has 0 aliphatic carbocycles. The number of carbonyl (C=O) groups excluding carboxylic acids is 1. The van der Waals surface area contributed by atoms with E-state index in [0.29, 0.717) is 16.8 Å². The van der Waals surface area contributed by atoms with Crippen LogP contribution in [0.1, 0.15) is 13.8 Å². The molecule has 4 rings (SSSR count). The summed E-state index contributed by atoms with van der Waals surface area (Å²) in [4.78, 5) is 21.2. The second-order valence-corrected chi connectivity index (χ2v) is 8.37. The van der Waals surface area contributed by atoms with Crippen LogP contribution in [0, 0.1) is 0 Å². The van der Waals surface area contributed by atoms with E-state index in [1.54, 1.807) is 12.4 Å². The van der Waals surface area contributed by atoms with E-state index in [-0.39, 0.29) is 11.2 Å². The summed E-state index contributed by atoms with van der Waals surface area (Å²) in [6.45, 7) is 4.58. The van der Waals surface area contributed by atoms with E-state index < -0.39 is 0 Å². The summed E-state index contributed by atoms with van der Waals surface area (Å²) < 4.78 is 3.04. The molecule has 9 heteroatoms. The molecule has 0 bridgehead atoms. The van der Waals surface area contributed by atoms with E-state index in [2.05, 4.69) is 25.5 Å². The van der Waals surface area contributed by atoms with Gasteiger partial charge in [-0.15, -0.1) is 10.2 Å². The largest absolute Gasteiger partial charge is 0.302 e. The monoisotopic (exact) mass is 410 g/mol. The summed E-state index contributed by atoms with van der Waals surface area (Å²) in [6.07, 6.45) is 3.48. The highest BCUT2D eigenvalue weighted by Crippen LogP contribution is 2.29. The predicted molar refractivity (Wildman–Crippen MR) is 112 cm³/mol. The van der Waals surface area contributed by atoms with E-state index in [1.165, 1.54) is 23.1 Å². The number of amides is 1. The van der Waals surface area contributed by atoms with Crippen molar-refractivity contribution in [3.63, 3.8) is 0 Å². The van der Waals surface area contributed by atoms with Gasteiger partial charge in [0.2, 0.25) is 5.91 Å². The molecule has 3 aromatic heterocycles. The summed E-state index contributed by atoms with van der Waals surface area (Å²) >= 11 is 2.84. The zero-order chi connectivity index (χ0) is 19.5. The Morgan fingerprint density at radius 1 is 1.25 bits per heavy atom. The minimum absolute atomic E-state index is 0.113. The van der Waals surface area contributed by atoms with Crippen LogP contribution in [0.2, 0.25) is 0 Å². The first-order chi connectivity index (χ1) is 13.7. The predicted octanol–water partition coefficient (Wildman–Crippen LogP) is 4.09. The first-order valence-corrected chi connectivity index (χ1v) is 10.5. The van der Waals surface area contributed by atoms with Gasteiger partial charge in [0, 0.05) is 24.5 Å². The summed E-state index contributed by atoms with van der Waals surface area (Å²) in [5, 5.41) is 12.4. The molecule has 4 aromatic rings. The van der Waals surface area contributed by atoms with Gasteiger partial charge in [-0.3, -0.25) is 9.78 Å². The number of rotatable bonds is 6. The number of benzene rings is 1. The van der Waals surface area contributed by atoms with E-state index in [4.69, 9.17) is 0 Å². The maximum Gasteiger partial charge on any atom is 0.239 e. The molecule has 142 valence electrons. The third kappa shape index (κ3) is 3.76. The number of pyridine rings is 1. The van der Waals surface area contributed by atoms with Gasteiger partial charge in [-0.25, -0.2) is 4.98 Å². The molecule has 1 atom stereocenters. The molecule has 0 radical (unpaired) electrons. The van der Waals surface area contributed by atoms with Crippen molar-refractivity contribution in [1.82, 2.24) is 24.7 Å². The molecule has 1 N–H and O–H groups in total. The number of hydrogen-bond acceptors (Lipinski definition) is 7. The van der Waals surface area contributed by atoms with Crippen LogP contribution in [0.25, 0.3) is 21.6 Å². The molecular formula is C19H18N6OS2. The highest BCUT2D eigenvalue weighted by atomic mass is 32.2. The van der Waals surface area contributed by atoms with Crippen LogP contribution in [0.3, 0.4) is 0 Å². The van der Waals surface area contributed by atoms with Gasteiger partial charge < -0.3 is 9.88 Å². The van der Waals surface area contributed by atoms with Gasteiger partial charge in [0.05, 0.1) is 15.5 Å². The molecule has 7 nitrogen and oxygen atoms in total. The number of fused-ring (bicyclic) bond motifs is 1. The first-order valence-electron chi connectivity index (χ1n) is 8.82. The number of aromatic nitrogens is 5. The highest BCUT2D eigenvalue weighted by molar-refractivity contribution is 8.00. The molecule has 0 saturated carbocycles. The standard InChI is InChI=1S/C19H18N6OS2/c1-3-25-16(13-7-6-10-20-11-13)23-24-19(25)27-12(2)17(26)22-18-21-14-8-4-5-9-15(14)28-18/h4-12H,3H2,1-2H3,(H,21,22,26)/t12-/m0/s1. The Morgan fingerprint density at radius 2 is 2.11 bits per heavy atom. The SMILES string of the molecule is CCn1c(S[C@@H](C)C(=O)Nc2nc3ccccc3s2)nnc1-c1cccnc1. The molecule has 0 unspecified atom stereocenters. The van der Waals surface area contributed by atoms with Gasteiger partial charge in [-0.1, -0.05) is 35.2 Å². The number of nitrogens with zero attached hydrogens (tertiary/aromatic N) is 5. The zero-order valence-electron chi connectivity index (χ0n) is 15.4. The normalized spacial score (nSPS) is 12.2. The topological polar surface area (TPSA) is 85.6 Å². The lowest BCUT2D eigenvalue weighted by molar-refractivity contribution is -0.115. The average Bonchev–Trinajstić information content (AvgIpc) is 3.31. The molecule has 1 aromatic carbocycles. The van der Waals surface area contributed by atoms with Gasteiger partial charge in [0.1, 0.15) is 0 Å². The summed E-state index contributed by atoms with van der Waals surface area (Å²) in [7, 11) is 0. The van der Waals surface area contributed by atoms with Crippen molar-refractivity contribution in [2.75, 3.05) is 5.32 Å². The van der Waals surface area contributed by atoms with Crippen LogP contribution in [0.5, 0.6) is 0 Å². The number of carbonyl (C=O) groups is 1. The Bertz CT molecular complexity index is 1080. The van der Waals surface area contributed by atoms with Gasteiger partial charge in [-0.2, -0.15) is 0 Å². The average molecular weight is 411 g/mol. The number of para-hydroxylation sites is 1. The molecule has 0 spiro atoms. The van der Waals surface area contributed by atoms with Crippen LogP contribution in [-0.2, 0) is 11.3 Å². The van der Waals surface area contributed by atoms with Crippen LogP contribution in [-0.4, -0.2) is 35.9 Å². The van der Waals surface area contributed by atoms with Gasteiger partial charge in [-0.05, 0) is 38.1 Å². The van der Waals surface area contributed by atoms with Crippen LogP contribution < -0.4 is 5.32 Å². The lowest BCUT2D eigenvalue weighted by atomic mass is 10.3. The quantitative estimate of drug-likeness (QED) is 0.482. The second-order valence-electron chi connectivity index (χ2n) is 6.03. The Balaban J connectivity index is 1.49.